The van der Waals surface area contributed by atoms with Gasteiger partial charge in [-0.25, -0.2) is 4.57 Å². The molecule has 0 aliphatic heterocycles. The number of imidazole rings is 1. The van der Waals surface area contributed by atoms with Crippen molar-refractivity contribution in [2.24, 2.45) is 12.5 Å². The predicted octanol–water partition coefficient (Wildman–Crippen LogP) is 15.7. The number of para-hydroxylation sites is 2. The van der Waals surface area contributed by atoms with Crippen molar-refractivity contribution in [2.75, 3.05) is 0 Å². The standard InChI is InChI=1S/C53H49F6N2O/c1-31(2)42-28-39(36-19-17-35(18-20-36)37-24-26-51(27-25-37,52(54,55)56)53(57,58)59)29-43(32(3)4)48(42)61-45-15-11-10-14-44(45)60(6)50(61)47-33(5)16-22-41-40-23-21-38(30-46(40)62-49(41)47)34-12-8-7-9-13-34/h7-23,28-32,37H,24-27H2,1-6H3/q+1/i37D. The Labute approximate surface area is 359 Å². The summed E-state index contributed by atoms with van der Waals surface area (Å²) in [5, 5.41) is 2.06. The predicted molar refractivity (Wildman–Crippen MR) is 237 cm³/mol. The van der Waals surface area contributed by atoms with Crippen molar-refractivity contribution in [3.05, 3.63) is 144 Å². The zero-order valence-corrected chi connectivity index (χ0v) is 35.6. The molecule has 1 fully saturated rings. The van der Waals surface area contributed by atoms with Crippen LogP contribution < -0.4 is 4.57 Å². The summed E-state index contributed by atoms with van der Waals surface area (Å²) >= 11 is 0. The minimum atomic E-state index is -5.44. The average Bonchev–Trinajstić information content (AvgIpc) is 3.76. The van der Waals surface area contributed by atoms with Gasteiger partial charge in [0.1, 0.15) is 16.8 Å². The molecule has 318 valence electrons. The Morgan fingerprint density at radius 2 is 1.24 bits per heavy atom. The highest BCUT2D eigenvalue weighted by Gasteiger charge is 2.70. The first-order valence-electron chi connectivity index (χ1n) is 21.8. The molecule has 1 aliphatic carbocycles. The maximum atomic E-state index is 13.9. The van der Waals surface area contributed by atoms with Gasteiger partial charge in [-0.05, 0) is 120 Å². The van der Waals surface area contributed by atoms with E-state index in [9.17, 15) is 26.3 Å². The number of alkyl halides is 6. The number of nitrogens with zero attached hydrogens (tertiary/aromatic N) is 2. The number of halogens is 6. The molecule has 0 radical (unpaired) electrons. The lowest BCUT2D eigenvalue weighted by molar-refractivity contribution is -0.633. The van der Waals surface area contributed by atoms with Crippen molar-refractivity contribution < 1.29 is 36.7 Å². The van der Waals surface area contributed by atoms with Gasteiger partial charge < -0.3 is 4.42 Å². The van der Waals surface area contributed by atoms with E-state index < -0.39 is 49.3 Å². The van der Waals surface area contributed by atoms with Gasteiger partial charge in [-0.15, -0.1) is 0 Å². The third-order valence-electron chi connectivity index (χ3n) is 13.2. The number of furan rings is 1. The molecule has 62 heavy (non-hydrogen) atoms. The van der Waals surface area contributed by atoms with Gasteiger partial charge in [0.25, 0.3) is 5.82 Å². The molecule has 0 bridgehead atoms. The first-order valence-corrected chi connectivity index (χ1v) is 21.3. The Morgan fingerprint density at radius 3 is 1.85 bits per heavy atom. The molecule has 0 unspecified atom stereocenters. The quantitative estimate of drug-likeness (QED) is 0.116. The van der Waals surface area contributed by atoms with Gasteiger partial charge >= 0.3 is 12.4 Å². The number of fused-ring (bicyclic) bond motifs is 4. The highest BCUT2D eigenvalue weighted by atomic mass is 19.4. The van der Waals surface area contributed by atoms with E-state index in [4.69, 9.17) is 5.79 Å². The van der Waals surface area contributed by atoms with Gasteiger partial charge in [0, 0.05) is 23.3 Å². The third kappa shape index (κ3) is 6.70. The maximum absolute atomic E-state index is 13.9. The number of rotatable bonds is 7. The second-order valence-corrected chi connectivity index (χ2v) is 17.6. The number of hydrogen-bond acceptors (Lipinski definition) is 1. The van der Waals surface area contributed by atoms with E-state index in [1.165, 1.54) is 0 Å². The molecule has 8 aromatic rings. The van der Waals surface area contributed by atoms with Gasteiger partial charge in [-0.3, -0.25) is 0 Å². The Hall–Kier alpha value is -5.83. The molecule has 1 saturated carbocycles. The van der Waals surface area contributed by atoms with Crippen molar-refractivity contribution in [3.63, 3.8) is 0 Å². The van der Waals surface area contributed by atoms with Crippen molar-refractivity contribution in [2.45, 2.75) is 90.4 Å². The monoisotopic (exact) mass is 844 g/mol. The SMILES string of the molecule is [2H]C1(c2ccc(-c3cc(C(C)C)c(-n4c(-c5c(C)ccc6c5oc5cc(-c7ccccc7)ccc56)[n+](C)c5ccccc54)c(C(C)C)c3)cc2)CCC(C(F)(F)F)(C(F)(F)F)CC1. The van der Waals surface area contributed by atoms with E-state index >= 15 is 0 Å². The van der Waals surface area contributed by atoms with E-state index in [0.717, 1.165) is 89.0 Å². The van der Waals surface area contributed by atoms with Crippen LogP contribution in [-0.2, 0) is 7.05 Å². The third-order valence-corrected chi connectivity index (χ3v) is 13.2. The molecule has 9 rings (SSSR count). The van der Waals surface area contributed by atoms with Crippen LogP contribution in [0.25, 0.3) is 72.3 Å². The lowest BCUT2D eigenvalue weighted by Crippen LogP contribution is -2.51. The van der Waals surface area contributed by atoms with Crippen molar-refractivity contribution in [3.8, 4) is 39.3 Å². The van der Waals surface area contributed by atoms with Crippen LogP contribution in [0.4, 0.5) is 26.3 Å². The Kier molecular flexibility index (Phi) is 9.87. The summed E-state index contributed by atoms with van der Waals surface area (Å²) in [5.41, 5.74) is 9.58. The largest absolute Gasteiger partial charge is 0.455 e. The molecule has 2 heterocycles. The van der Waals surface area contributed by atoms with Crippen LogP contribution in [0.3, 0.4) is 0 Å². The van der Waals surface area contributed by atoms with Gasteiger partial charge in [0.15, 0.2) is 22.0 Å². The van der Waals surface area contributed by atoms with Crippen molar-refractivity contribution >= 4 is 33.0 Å². The van der Waals surface area contributed by atoms with Crippen LogP contribution in [0.15, 0.2) is 126 Å². The Bertz CT molecular complexity index is 2980. The van der Waals surface area contributed by atoms with E-state index in [-0.39, 0.29) is 11.8 Å². The molecule has 0 N–H and O–H groups in total. The van der Waals surface area contributed by atoms with Crippen LogP contribution in [0.1, 0.15) is 94.7 Å². The second-order valence-electron chi connectivity index (χ2n) is 17.6. The van der Waals surface area contributed by atoms with Gasteiger partial charge in [0.2, 0.25) is 0 Å². The molecule has 2 aromatic heterocycles. The van der Waals surface area contributed by atoms with Gasteiger partial charge in [-0.1, -0.05) is 113 Å². The molecule has 0 amide bonds. The number of hydrogen-bond donors (Lipinski definition) is 0. The fourth-order valence-corrected chi connectivity index (χ4v) is 9.73. The van der Waals surface area contributed by atoms with Crippen LogP contribution in [-0.4, -0.2) is 16.9 Å². The summed E-state index contributed by atoms with van der Waals surface area (Å²) in [6.07, 6.45) is -14.3. The molecule has 9 heteroatoms. The van der Waals surface area contributed by atoms with E-state index in [0.29, 0.717) is 5.56 Å². The minimum absolute atomic E-state index is 0.0665. The minimum Gasteiger partial charge on any atom is -0.455 e. The molecule has 0 saturated heterocycles. The maximum Gasteiger partial charge on any atom is 0.403 e. The van der Waals surface area contributed by atoms with Crippen LogP contribution >= 0.6 is 0 Å². The summed E-state index contributed by atoms with van der Waals surface area (Å²) in [4.78, 5) is 0. The van der Waals surface area contributed by atoms with Crippen molar-refractivity contribution in [1.29, 1.82) is 0 Å². The first kappa shape index (κ1) is 40.3. The zero-order valence-electron chi connectivity index (χ0n) is 36.6. The highest BCUT2D eigenvalue weighted by molar-refractivity contribution is 6.10. The second kappa shape index (κ2) is 15.2. The topological polar surface area (TPSA) is 21.9 Å². The Morgan fingerprint density at radius 1 is 0.677 bits per heavy atom. The average molecular weight is 845 g/mol. The molecule has 0 atom stereocenters. The van der Waals surface area contributed by atoms with Crippen molar-refractivity contribution in [1.82, 2.24) is 4.57 Å². The fourth-order valence-electron chi connectivity index (χ4n) is 9.73. The van der Waals surface area contributed by atoms with E-state index in [2.05, 4.69) is 124 Å². The van der Waals surface area contributed by atoms with Crippen LogP contribution in [0, 0.1) is 12.3 Å². The van der Waals surface area contributed by atoms with E-state index in [1.807, 2.05) is 36.4 Å². The summed E-state index contributed by atoms with van der Waals surface area (Å²) in [6, 6.07) is 40.8. The molecule has 3 nitrogen and oxygen atoms in total. The number of aryl methyl sites for hydroxylation is 2. The lowest BCUT2D eigenvalue weighted by Gasteiger charge is -2.42. The molecule has 6 aromatic carbocycles. The smallest absolute Gasteiger partial charge is 0.403 e. The first-order chi connectivity index (χ1) is 29.8. The fraction of sp³-hybridized carbons (Fsp3) is 0.302. The van der Waals surface area contributed by atoms with Gasteiger partial charge in [0.05, 0.1) is 7.05 Å². The molecule has 0 spiro atoms. The Balaban J connectivity index is 1.18. The van der Waals surface area contributed by atoms with Crippen LogP contribution in [0.2, 0.25) is 0 Å². The summed E-state index contributed by atoms with van der Waals surface area (Å²) in [5.74, 6) is -0.467. The zero-order chi connectivity index (χ0) is 44.8. The highest BCUT2D eigenvalue weighted by Crippen LogP contribution is 2.60. The molecular weight excluding hydrogens is 795 g/mol. The summed E-state index contributed by atoms with van der Waals surface area (Å²) in [6.45, 7) is 10.8. The number of benzene rings is 6. The summed E-state index contributed by atoms with van der Waals surface area (Å²) < 4.78 is 104. The normalized spacial score (nSPS) is 15.9. The van der Waals surface area contributed by atoms with E-state index in [1.54, 1.807) is 12.1 Å². The summed E-state index contributed by atoms with van der Waals surface area (Å²) in [7, 11) is 2.10. The van der Waals surface area contributed by atoms with Crippen LogP contribution in [0.5, 0.6) is 0 Å². The molecule has 1 aliphatic rings. The lowest BCUT2D eigenvalue weighted by atomic mass is 9.68. The van der Waals surface area contributed by atoms with Gasteiger partial charge in [-0.2, -0.15) is 30.9 Å². The number of aromatic nitrogens is 2. The molecular formula is C53H49F6N2O+.